The molecule has 2 rings (SSSR count). The highest BCUT2D eigenvalue weighted by Crippen LogP contribution is 2.19. The zero-order valence-corrected chi connectivity index (χ0v) is 9.61. The Kier molecular flexibility index (Phi) is 3.93. The Hall–Kier alpha value is -1.36. The van der Waals surface area contributed by atoms with E-state index < -0.39 is 0 Å². The molecule has 0 fully saturated rings. The standard InChI is InChI=1S/C12H14N2OS/c13-14-11(12-7-4-8-16-12)9-15-10-5-2-1-3-6-10/h1-8,11,14H,9,13H2. The third-order valence-electron chi connectivity index (χ3n) is 2.25. The molecule has 0 bridgehead atoms. The van der Waals surface area contributed by atoms with Crippen LogP contribution in [0.1, 0.15) is 10.9 Å². The summed E-state index contributed by atoms with van der Waals surface area (Å²) in [4.78, 5) is 1.18. The molecular formula is C12H14N2OS. The lowest BCUT2D eigenvalue weighted by Crippen LogP contribution is -2.31. The van der Waals surface area contributed by atoms with Gasteiger partial charge in [-0.05, 0) is 23.6 Å². The van der Waals surface area contributed by atoms with Crippen LogP contribution >= 0.6 is 11.3 Å². The average molecular weight is 234 g/mol. The van der Waals surface area contributed by atoms with E-state index in [2.05, 4.69) is 5.43 Å². The van der Waals surface area contributed by atoms with Gasteiger partial charge in [0.05, 0.1) is 6.04 Å². The van der Waals surface area contributed by atoms with E-state index in [0.29, 0.717) is 6.61 Å². The molecule has 3 nitrogen and oxygen atoms in total. The molecule has 0 aliphatic carbocycles. The first kappa shape index (κ1) is 11.1. The van der Waals surface area contributed by atoms with Gasteiger partial charge in [-0.3, -0.25) is 5.84 Å². The Morgan fingerprint density at radius 3 is 2.62 bits per heavy atom. The fourth-order valence-corrected chi connectivity index (χ4v) is 2.17. The Morgan fingerprint density at radius 1 is 1.19 bits per heavy atom. The van der Waals surface area contributed by atoms with Crippen molar-refractivity contribution in [2.75, 3.05) is 6.61 Å². The van der Waals surface area contributed by atoms with E-state index in [1.54, 1.807) is 11.3 Å². The monoisotopic (exact) mass is 234 g/mol. The van der Waals surface area contributed by atoms with Crippen LogP contribution in [0.5, 0.6) is 5.75 Å². The number of nitrogens with one attached hydrogen (secondary N) is 1. The van der Waals surface area contributed by atoms with Gasteiger partial charge in [-0.25, -0.2) is 5.43 Å². The van der Waals surface area contributed by atoms with Gasteiger partial charge in [0, 0.05) is 4.88 Å². The van der Waals surface area contributed by atoms with E-state index in [1.807, 2.05) is 47.8 Å². The van der Waals surface area contributed by atoms with Gasteiger partial charge in [0.2, 0.25) is 0 Å². The number of hydrogen-bond acceptors (Lipinski definition) is 4. The van der Waals surface area contributed by atoms with Crippen molar-refractivity contribution in [2.45, 2.75) is 6.04 Å². The van der Waals surface area contributed by atoms with Gasteiger partial charge >= 0.3 is 0 Å². The highest BCUT2D eigenvalue weighted by atomic mass is 32.1. The number of rotatable bonds is 5. The summed E-state index contributed by atoms with van der Waals surface area (Å²) < 4.78 is 5.65. The van der Waals surface area contributed by atoms with Gasteiger partial charge < -0.3 is 4.74 Å². The van der Waals surface area contributed by atoms with E-state index in [1.165, 1.54) is 4.88 Å². The maximum absolute atomic E-state index is 5.65. The molecule has 0 aliphatic rings. The van der Waals surface area contributed by atoms with Gasteiger partial charge in [-0.15, -0.1) is 11.3 Å². The molecular weight excluding hydrogens is 220 g/mol. The van der Waals surface area contributed by atoms with Crippen LogP contribution in [-0.4, -0.2) is 6.61 Å². The molecule has 0 saturated carbocycles. The van der Waals surface area contributed by atoms with Crippen molar-refractivity contribution in [3.05, 3.63) is 52.7 Å². The van der Waals surface area contributed by atoms with E-state index >= 15 is 0 Å². The molecule has 1 aromatic heterocycles. The number of hydrazine groups is 1. The van der Waals surface area contributed by atoms with Crippen LogP contribution in [0.3, 0.4) is 0 Å². The Labute approximate surface area is 98.8 Å². The molecule has 0 aliphatic heterocycles. The summed E-state index contributed by atoms with van der Waals surface area (Å²) in [6.07, 6.45) is 0. The average Bonchev–Trinajstić information content (AvgIpc) is 2.85. The molecule has 3 N–H and O–H groups in total. The molecule has 2 aromatic rings. The zero-order chi connectivity index (χ0) is 11.2. The first-order chi connectivity index (χ1) is 7.90. The molecule has 1 aromatic carbocycles. The largest absolute Gasteiger partial charge is 0.492 e. The molecule has 1 unspecified atom stereocenters. The third kappa shape index (κ3) is 2.82. The van der Waals surface area contributed by atoms with Gasteiger partial charge in [0.1, 0.15) is 12.4 Å². The summed E-state index contributed by atoms with van der Waals surface area (Å²) in [6.45, 7) is 0.529. The van der Waals surface area contributed by atoms with Gasteiger partial charge in [0.25, 0.3) is 0 Å². The first-order valence-electron chi connectivity index (χ1n) is 5.07. The van der Waals surface area contributed by atoms with Crippen LogP contribution < -0.4 is 16.0 Å². The van der Waals surface area contributed by atoms with Crippen molar-refractivity contribution < 1.29 is 4.74 Å². The second kappa shape index (κ2) is 5.65. The summed E-state index contributed by atoms with van der Waals surface area (Å²) in [5, 5.41) is 2.03. The van der Waals surface area contributed by atoms with Gasteiger partial charge in [-0.2, -0.15) is 0 Å². The van der Waals surface area contributed by atoms with Crippen molar-refractivity contribution in [2.24, 2.45) is 5.84 Å². The minimum Gasteiger partial charge on any atom is -0.492 e. The topological polar surface area (TPSA) is 47.3 Å². The lowest BCUT2D eigenvalue weighted by Gasteiger charge is -2.15. The van der Waals surface area contributed by atoms with E-state index in [-0.39, 0.29) is 6.04 Å². The number of hydrogen-bond donors (Lipinski definition) is 2. The molecule has 16 heavy (non-hydrogen) atoms. The van der Waals surface area contributed by atoms with Crippen molar-refractivity contribution in [1.82, 2.24) is 5.43 Å². The molecule has 0 saturated heterocycles. The lowest BCUT2D eigenvalue weighted by molar-refractivity contribution is 0.269. The van der Waals surface area contributed by atoms with E-state index in [0.717, 1.165) is 5.75 Å². The highest BCUT2D eigenvalue weighted by Gasteiger charge is 2.10. The predicted octanol–water partition coefficient (Wildman–Crippen LogP) is 2.33. The fourth-order valence-electron chi connectivity index (χ4n) is 1.40. The number of benzene rings is 1. The van der Waals surface area contributed by atoms with E-state index in [9.17, 15) is 0 Å². The molecule has 0 amide bonds. The molecule has 0 spiro atoms. The number of ether oxygens (including phenoxy) is 1. The smallest absolute Gasteiger partial charge is 0.119 e. The molecule has 84 valence electrons. The maximum atomic E-state index is 5.65. The van der Waals surface area contributed by atoms with Crippen molar-refractivity contribution in [3.8, 4) is 5.75 Å². The normalized spacial score (nSPS) is 12.3. The quantitative estimate of drug-likeness (QED) is 0.616. The van der Waals surface area contributed by atoms with Crippen molar-refractivity contribution in [3.63, 3.8) is 0 Å². The zero-order valence-electron chi connectivity index (χ0n) is 8.80. The minimum atomic E-state index is 0.0419. The Morgan fingerprint density at radius 2 is 2.00 bits per heavy atom. The molecule has 0 radical (unpaired) electrons. The van der Waals surface area contributed by atoms with Gasteiger partial charge in [0.15, 0.2) is 0 Å². The first-order valence-corrected chi connectivity index (χ1v) is 5.95. The predicted molar refractivity (Wildman–Crippen MR) is 66.3 cm³/mol. The molecule has 1 atom stereocenters. The summed E-state index contributed by atoms with van der Waals surface area (Å²) in [5.74, 6) is 6.37. The van der Waals surface area contributed by atoms with Crippen molar-refractivity contribution >= 4 is 11.3 Å². The van der Waals surface area contributed by atoms with Crippen LogP contribution in [0.15, 0.2) is 47.8 Å². The second-order valence-electron chi connectivity index (χ2n) is 3.36. The van der Waals surface area contributed by atoms with Crippen LogP contribution in [-0.2, 0) is 0 Å². The Balaban J connectivity index is 1.94. The molecule has 1 heterocycles. The van der Waals surface area contributed by atoms with Crippen LogP contribution in [0.4, 0.5) is 0 Å². The van der Waals surface area contributed by atoms with Crippen LogP contribution in [0, 0.1) is 0 Å². The Bertz CT molecular complexity index is 402. The van der Waals surface area contributed by atoms with Crippen LogP contribution in [0.2, 0.25) is 0 Å². The minimum absolute atomic E-state index is 0.0419. The van der Waals surface area contributed by atoms with Crippen molar-refractivity contribution in [1.29, 1.82) is 0 Å². The van der Waals surface area contributed by atoms with Gasteiger partial charge in [-0.1, -0.05) is 24.3 Å². The summed E-state index contributed by atoms with van der Waals surface area (Å²) >= 11 is 1.67. The summed E-state index contributed by atoms with van der Waals surface area (Å²) in [6, 6.07) is 13.8. The van der Waals surface area contributed by atoms with E-state index in [4.69, 9.17) is 10.6 Å². The third-order valence-corrected chi connectivity index (χ3v) is 3.23. The SMILES string of the molecule is NNC(COc1ccccc1)c1cccs1. The summed E-state index contributed by atoms with van der Waals surface area (Å²) in [7, 11) is 0. The number of thiophene rings is 1. The summed E-state index contributed by atoms with van der Waals surface area (Å²) in [5.41, 5.74) is 2.76. The molecule has 4 heteroatoms. The lowest BCUT2D eigenvalue weighted by atomic mass is 10.2. The number of para-hydroxylation sites is 1. The second-order valence-corrected chi connectivity index (χ2v) is 4.34. The van der Waals surface area contributed by atoms with Crippen LogP contribution in [0.25, 0.3) is 0 Å². The number of nitrogens with two attached hydrogens (primary N) is 1. The highest BCUT2D eigenvalue weighted by molar-refractivity contribution is 7.10. The fraction of sp³-hybridized carbons (Fsp3) is 0.167. The maximum Gasteiger partial charge on any atom is 0.119 e.